The molecule has 0 bridgehead atoms. The molecule has 0 saturated heterocycles. The monoisotopic (exact) mass is 507 g/mol. The van der Waals surface area contributed by atoms with E-state index in [-0.39, 0.29) is 24.1 Å². The van der Waals surface area contributed by atoms with Crippen molar-refractivity contribution in [1.29, 1.82) is 0 Å². The first kappa shape index (κ1) is 24.0. The van der Waals surface area contributed by atoms with Gasteiger partial charge in [0.25, 0.3) is 5.91 Å². The second kappa shape index (κ2) is 10.1. The summed E-state index contributed by atoms with van der Waals surface area (Å²) >= 11 is 6.34. The average molecular weight is 508 g/mol. The third-order valence-electron chi connectivity index (χ3n) is 6.15. The van der Waals surface area contributed by atoms with Crippen molar-refractivity contribution >= 4 is 17.5 Å². The largest absolute Gasteiger partial charge is 0.435 e. The minimum Gasteiger partial charge on any atom is -0.435 e. The summed E-state index contributed by atoms with van der Waals surface area (Å²) in [5, 5.41) is 5.03. The Morgan fingerprint density at radius 2 is 1.81 bits per heavy atom. The molecule has 1 aromatic heterocycles. The molecule has 1 fully saturated rings. The van der Waals surface area contributed by atoms with Crippen LogP contribution < -0.4 is 4.74 Å². The SMILES string of the molecule is Cc1nn(-c2ccccc2)c(Oc2ccc(F)cc2F)c1CN(CC1CC1)C(=O)c1ccccc1Cl. The summed E-state index contributed by atoms with van der Waals surface area (Å²) in [5.74, 6) is -1.19. The van der Waals surface area contributed by atoms with Gasteiger partial charge in [0.15, 0.2) is 11.6 Å². The van der Waals surface area contributed by atoms with Crippen LogP contribution in [0.1, 0.15) is 34.5 Å². The number of amides is 1. The Balaban J connectivity index is 1.57. The Bertz CT molecular complexity index is 1400. The summed E-state index contributed by atoms with van der Waals surface area (Å²) in [5.41, 5.74) is 2.38. The van der Waals surface area contributed by atoms with Crippen LogP contribution in [0.2, 0.25) is 5.02 Å². The molecule has 1 saturated carbocycles. The lowest BCUT2D eigenvalue weighted by Gasteiger charge is -2.24. The van der Waals surface area contributed by atoms with E-state index in [2.05, 4.69) is 5.10 Å². The molecule has 0 unspecified atom stereocenters. The minimum absolute atomic E-state index is 0.138. The quantitative estimate of drug-likeness (QED) is 0.259. The van der Waals surface area contributed by atoms with Crippen LogP contribution in [0.3, 0.4) is 0 Å². The molecule has 5 nitrogen and oxygen atoms in total. The number of halogens is 3. The fraction of sp³-hybridized carbons (Fsp3) is 0.214. The molecule has 1 aliphatic rings. The molecule has 0 spiro atoms. The second-order valence-corrected chi connectivity index (χ2v) is 9.31. The fourth-order valence-corrected chi connectivity index (χ4v) is 4.28. The molecule has 0 atom stereocenters. The number of para-hydroxylation sites is 1. The van der Waals surface area contributed by atoms with Crippen molar-refractivity contribution in [2.75, 3.05) is 6.54 Å². The lowest BCUT2D eigenvalue weighted by atomic mass is 10.1. The molecule has 36 heavy (non-hydrogen) atoms. The number of benzene rings is 3. The van der Waals surface area contributed by atoms with Gasteiger partial charge >= 0.3 is 0 Å². The van der Waals surface area contributed by atoms with E-state index in [1.165, 1.54) is 6.07 Å². The summed E-state index contributed by atoms with van der Waals surface area (Å²) < 4.78 is 35.7. The molecule has 0 N–H and O–H groups in total. The highest BCUT2D eigenvalue weighted by molar-refractivity contribution is 6.33. The van der Waals surface area contributed by atoms with E-state index in [1.54, 1.807) is 33.8 Å². The second-order valence-electron chi connectivity index (χ2n) is 8.90. The lowest BCUT2D eigenvalue weighted by Crippen LogP contribution is -2.33. The van der Waals surface area contributed by atoms with Gasteiger partial charge in [-0.25, -0.2) is 13.5 Å². The van der Waals surface area contributed by atoms with Crippen LogP contribution in [0.15, 0.2) is 72.8 Å². The van der Waals surface area contributed by atoms with Crippen LogP contribution in [0.25, 0.3) is 5.69 Å². The van der Waals surface area contributed by atoms with Gasteiger partial charge in [0, 0.05) is 12.6 Å². The van der Waals surface area contributed by atoms with E-state index in [4.69, 9.17) is 16.3 Å². The van der Waals surface area contributed by atoms with Gasteiger partial charge in [-0.05, 0) is 62.1 Å². The topological polar surface area (TPSA) is 47.4 Å². The summed E-state index contributed by atoms with van der Waals surface area (Å²) in [4.78, 5) is 15.3. The third kappa shape index (κ3) is 5.11. The number of aryl methyl sites for hydroxylation is 1. The zero-order valence-electron chi connectivity index (χ0n) is 19.6. The number of hydrogen-bond acceptors (Lipinski definition) is 3. The van der Waals surface area contributed by atoms with Crippen molar-refractivity contribution < 1.29 is 18.3 Å². The van der Waals surface area contributed by atoms with E-state index in [0.29, 0.717) is 40.0 Å². The zero-order chi connectivity index (χ0) is 25.2. The maximum absolute atomic E-state index is 14.6. The van der Waals surface area contributed by atoms with Gasteiger partial charge in [-0.1, -0.05) is 41.9 Å². The maximum atomic E-state index is 14.6. The van der Waals surface area contributed by atoms with E-state index < -0.39 is 11.6 Å². The van der Waals surface area contributed by atoms with Crippen LogP contribution in [-0.2, 0) is 6.54 Å². The van der Waals surface area contributed by atoms with E-state index in [1.807, 2.05) is 37.3 Å². The standard InChI is InChI=1S/C28H24ClF2N3O2/c1-18-23(17-33(16-19-11-12-19)27(35)22-9-5-6-10-24(22)29)28(34(32-18)21-7-3-2-4-8-21)36-26-14-13-20(30)15-25(26)31/h2-10,13-15,19H,11-12,16-17H2,1H3. The Kier molecular flexibility index (Phi) is 6.74. The van der Waals surface area contributed by atoms with Gasteiger partial charge in [-0.15, -0.1) is 0 Å². The number of nitrogens with zero attached hydrogens (tertiary/aromatic N) is 3. The van der Waals surface area contributed by atoms with Crippen molar-refractivity contribution in [2.24, 2.45) is 5.92 Å². The Hall–Kier alpha value is -3.71. The van der Waals surface area contributed by atoms with Gasteiger partial charge in [0.1, 0.15) is 5.82 Å². The molecular weight excluding hydrogens is 484 g/mol. The highest BCUT2D eigenvalue weighted by atomic mass is 35.5. The van der Waals surface area contributed by atoms with Crippen molar-refractivity contribution in [2.45, 2.75) is 26.3 Å². The van der Waals surface area contributed by atoms with E-state index in [9.17, 15) is 13.6 Å². The Labute approximate surface area is 212 Å². The molecule has 1 aliphatic carbocycles. The lowest BCUT2D eigenvalue weighted by molar-refractivity contribution is 0.0734. The molecule has 0 radical (unpaired) electrons. The van der Waals surface area contributed by atoms with Crippen LogP contribution in [0.4, 0.5) is 8.78 Å². The summed E-state index contributed by atoms with van der Waals surface area (Å²) in [7, 11) is 0. The average Bonchev–Trinajstić information content (AvgIpc) is 3.64. The van der Waals surface area contributed by atoms with Gasteiger partial charge in [0.2, 0.25) is 5.88 Å². The molecule has 184 valence electrons. The zero-order valence-corrected chi connectivity index (χ0v) is 20.4. The molecule has 8 heteroatoms. The fourth-order valence-electron chi connectivity index (χ4n) is 4.06. The highest BCUT2D eigenvalue weighted by Crippen LogP contribution is 2.36. The van der Waals surface area contributed by atoms with Crippen LogP contribution in [0, 0.1) is 24.5 Å². The summed E-state index contributed by atoms with van der Waals surface area (Å²) in [6.07, 6.45) is 2.11. The molecule has 0 aliphatic heterocycles. The van der Waals surface area contributed by atoms with Crippen molar-refractivity contribution in [3.05, 3.63) is 106 Å². The van der Waals surface area contributed by atoms with Crippen molar-refractivity contribution in [1.82, 2.24) is 14.7 Å². The minimum atomic E-state index is -0.832. The summed E-state index contributed by atoms with van der Waals surface area (Å²) in [6.45, 7) is 2.57. The number of carbonyl (C=O) groups is 1. The number of aromatic nitrogens is 2. The first-order chi connectivity index (χ1) is 17.4. The maximum Gasteiger partial charge on any atom is 0.255 e. The third-order valence-corrected chi connectivity index (χ3v) is 6.48. The Morgan fingerprint density at radius 3 is 2.50 bits per heavy atom. The van der Waals surface area contributed by atoms with Crippen molar-refractivity contribution in [3.8, 4) is 17.3 Å². The molecule has 4 aromatic rings. The van der Waals surface area contributed by atoms with Gasteiger partial charge < -0.3 is 9.64 Å². The van der Waals surface area contributed by atoms with Crippen LogP contribution in [-0.4, -0.2) is 27.1 Å². The number of rotatable bonds is 8. The summed E-state index contributed by atoms with van der Waals surface area (Å²) in [6, 6.07) is 19.4. The van der Waals surface area contributed by atoms with E-state index in [0.717, 1.165) is 25.0 Å². The predicted molar refractivity (Wildman–Crippen MR) is 134 cm³/mol. The highest BCUT2D eigenvalue weighted by Gasteiger charge is 2.31. The van der Waals surface area contributed by atoms with Gasteiger partial charge in [-0.2, -0.15) is 5.10 Å². The molecule has 1 amide bonds. The molecular formula is C28H24ClF2N3O2. The van der Waals surface area contributed by atoms with Gasteiger partial charge in [-0.3, -0.25) is 4.79 Å². The molecule has 5 rings (SSSR count). The normalized spacial score (nSPS) is 13.0. The molecule has 3 aromatic carbocycles. The van der Waals surface area contributed by atoms with E-state index >= 15 is 0 Å². The smallest absolute Gasteiger partial charge is 0.255 e. The number of ether oxygens (including phenoxy) is 1. The van der Waals surface area contributed by atoms with Crippen molar-refractivity contribution in [3.63, 3.8) is 0 Å². The number of hydrogen-bond donors (Lipinski definition) is 0. The first-order valence-electron chi connectivity index (χ1n) is 11.7. The van der Waals surface area contributed by atoms with Crippen LogP contribution in [0.5, 0.6) is 11.6 Å². The predicted octanol–water partition coefficient (Wildman–Crippen LogP) is 6.96. The van der Waals surface area contributed by atoms with Gasteiger partial charge in [0.05, 0.1) is 34.1 Å². The first-order valence-corrected chi connectivity index (χ1v) is 12.1. The van der Waals surface area contributed by atoms with Crippen LogP contribution >= 0.6 is 11.6 Å². The Morgan fingerprint density at radius 1 is 1.08 bits per heavy atom. The number of carbonyl (C=O) groups excluding carboxylic acids is 1. The molecule has 1 heterocycles.